The lowest BCUT2D eigenvalue weighted by molar-refractivity contribution is -0.835. The first-order valence-electron chi connectivity index (χ1n) is 6.70. The van der Waals surface area contributed by atoms with E-state index in [-0.39, 0.29) is 11.8 Å². The van der Waals surface area contributed by atoms with Gasteiger partial charge in [0.05, 0.1) is 13.1 Å². The van der Waals surface area contributed by atoms with Gasteiger partial charge in [0, 0.05) is 23.0 Å². The average molecular weight is 253 g/mol. The summed E-state index contributed by atoms with van der Waals surface area (Å²) in [5, 5.41) is 12.3. The molecule has 2 heterocycles. The van der Waals surface area contributed by atoms with E-state index in [1.165, 1.54) is 11.1 Å². The highest BCUT2D eigenvalue weighted by Gasteiger charge is 2.40. The Labute approximate surface area is 112 Å². The monoisotopic (exact) mass is 253 g/mol. The first kappa shape index (κ1) is 11.0. The van der Waals surface area contributed by atoms with E-state index >= 15 is 0 Å². The lowest BCUT2D eigenvalue weighted by atomic mass is 9.84. The SMILES string of the molecule is [O-][NH+]1CC2c3ccccc3Oc3ccccc3C2C1. The third-order valence-corrected chi connectivity index (χ3v) is 4.24. The molecule has 1 N–H and O–H groups in total. The van der Waals surface area contributed by atoms with Gasteiger partial charge < -0.3 is 15.0 Å². The molecule has 96 valence electrons. The summed E-state index contributed by atoms with van der Waals surface area (Å²) in [5.41, 5.74) is 2.35. The number of hydrogen-bond donors (Lipinski definition) is 1. The second-order valence-corrected chi connectivity index (χ2v) is 5.34. The van der Waals surface area contributed by atoms with E-state index < -0.39 is 0 Å². The Morgan fingerprint density at radius 1 is 0.842 bits per heavy atom. The van der Waals surface area contributed by atoms with Crippen molar-refractivity contribution in [2.45, 2.75) is 11.8 Å². The summed E-state index contributed by atoms with van der Waals surface area (Å²) in [6.07, 6.45) is 0. The van der Waals surface area contributed by atoms with Crippen molar-refractivity contribution in [1.82, 2.24) is 0 Å². The van der Waals surface area contributed by atoms with Crippen molar-refractivity contribution in [2.75, 3.05) is 13.1 Å². The summed E-state index contributed by atoms with van der Waals surface area (Å²) < 4.78 is 6.06. The lowest BCUT2D eigenvalue weighted by Gasteiger charge is -2.17. The summed E-state index contributed by atoms with van der Waals surface area (Å²) in [6, 6.07) is 16.2. The number of nitrogens with one attached hydrogen (secondary N) is 1. The molecule has 2 aliphatic rings. The molecule has 2 aromatic rings. The molecule has 3 nitrogen and oxygen atoms in total. The maximum Gasteiger partial charge on any atom is 0.131 e. The molecule has 0 amide bonds. The van der Waals surface area contributed by atoms with Gasteiger partial charge in [-0.3, -0.25) is 0 Å². The topological polar surface area (TPSA) is 36.7 Å². The van der Waals surface area contributed by atoms with Crippen LogP contribution in [0.25, 0.3) is 0 Å². The van der Waals surface area contributed by atoms with Crippen molar-refractivity contribution in [3.05, 3.63) is 64.9 Å². The Bertz CT molecular complexity index is 572. The summed E-state index contributed by atoms with van der Waals surface area (Å²) in [6.45, 7) is 1.28. The highest BCUT2D eigenvalue weighted by molar-refractivity contribution is 5.49. The van der Waals surface area contributed by atoms with Crippen LogP contribution in [0.1, 0.15) is 23.0 Å². The van der Waals surface area contributed by atoms with Gasteiger partial charge in [-0.2, -0.15) is 0 Å². The highest BCUT2D eigenvalue weighted by atomic mass is 16.5. The van der Waals surface area contributed by atoms with E-state index in [0.717, 1.165) is 11.5 Å². The second-order valence-electron chi connectivity index (χ2n) is 5.34. The van der Waals surface area contributed by atoms with E-state index in [4.69, 9.17) is 4.74 Å². The van der Waals surface area contributed by atoms with Crippen molar-refractivity contribution >= 4 is 0 Å². The predicted molar refractivity (Wildman–Crippen MR) is 72.5 cm³/mol. The van der Waals surface area contributed by atoms with E-state index in [9.17, 15) is 5.21 Å². The number of fused-ring (bicyclic) bond motifs is 5. The molecule has 0 spiro atoms. The summed E-state index contributed by atoms with van der Waals surface area (Å²) in [4.78, 5) is 0. The Morgan fingerprint density at radius 3 is 1.84 bits per heavy atom. The molecule has 4 rings (SSSR count). The Hall–Kier alpha value is -1.84. The smallest absolute Gasteiger partial charge is 0.131 e. The van der Waals surface area contributed by atoms with Crippen LogP contribution in [-0.2, 0) is 0 Å². The fourth-order valence-electron chi connectivity index (χ4n) is 3.39. The normalized spacial score (nSPS) is 27.7. The minimum absolute atomic E-state index is 0.271. The fourth-order valence-corrected chi connectivity index (χ4v) is 3.39. The average Bonchev–Trinajstić information content (AvgIpc) is 2.76. The standard InChI is InChI=1S/C16H15NO2/c18-17-9-13-11-5-1-3-7-15(11)19-16-8-4-2-6-12(16)14(13)10-17/h1-8,13-14,17H,9-10H2. The van der Waals surface area contributed by atoms with Crippen molar-refractivity contribution in [2.24, 2.45) is 0 Å². The summed E-state index contributed by atoms with van der Waals surface area (Å²) in [7, 11) is 0. The van der Waals surface area contributed by atoms with Gasteiger partial charge in [-0.25, -0.2) is 0 Å². The zero-order chi connectivity index (χ0) is 12.8. The molecule has 0 bridgehead atoms. The third kappa shape index (κ3) is 1.66. The number of ether oxygens (including phenoxy) is 1. The second kappa shape index (κ2) is 4.08. The van der Waals surface area contributed by atoms with Crippen LogP contribution < -0.4 is 9.80 Å². The van der Waals surface area contributed by atoms with Crippen LogP contribution in [0.3, 0.4) is 0 Å². The molecule has 2 unspecified atom stereocenters. The van der Waals surface area contributed by atoms with E-state index in [1.807, 2.05) is 36.4 Å². The van der Waals surface area contributed by atoms with Crippen molar-refractivity contribution < 1.29 is 9.80 Å². The minimum atomic E-state index is 0.271. The molecule has 1 saturated heterocycles. The van der Waals surface area contributed by atoms with Gasteiger partial charge in [0.1, 0.15) is 11.5 Å². The van der Waals surface area contributed by atoms with Gasteiger partial charge in [-0.05, 0) is 12.1 Å². The Kier molecular flexibility index (Phi) is 2.37. The van der Waals surface area contributed by atoms with Crippen LogP contribution in [0, 0.1) is 5.21 Å². The van der Waals surface area contributed by atoms with Gasteiger partial charge in [0.2, 0.25) is 0 Å². The van der Waals surface area contributed by atoms with E-state index in [0.29, 0.717) is 18.2 Å². The van der Waals surface area contributed by atoms with Crippen LogP contribution in [0.15, 0.2) is 48.5 Å². The maximum absolute atomic E-state index is 11.9. The zero-order valence-corrected chi connectivity index (χ0v) is 10.5. The maximum atomic E-state index is 11.9. The van der Waals surface area contributed by atoms with Gasteiger partial charge in [-0.15, -0.1) is 0 Å². The van der Waals surface area contributed by atoms with Crippen LogP contribution in [-0.4, -0.2) is 13.1 Å². The molecule has 2 aromatic carbocycles. The predicted octanol–water partition coefficient (Wildman–Crippen LogP) is 2.06. The van der Waals surface area contributed by atoms with Gasteiger partial charge in [-0.1, -0.05) is 36.4 Å². The highest BCUT2D eigenvalue weighted by Crippen LogP contribution is 2.46. The van der Waals surface area contributed by atoms with Crippen LogP contribution in [0.5, 0.6) is 11.5 Å². The van der Waals surface area contributed by atoms with Crippen molar-refractivity contribution in [1.29, 1.82) is 0 Å². The molecular formula is C16H15NO2. The van der Waals surface area contributed by atoms with Crippen molar-refractivity contribution in [3.63, 3.8) is 0 Å². The Balaban J connectivity index is 1.93. The molecule has 19 heavy (non-hydrogen) atoms. The van der Waals surface area contributed by atoms with Crippen LogP contribution >= 0.6 is 0 Å². The molecular weight excluding hydrogens is 238 g/mol. The van der Waals surface area contributed by atoms with Crippen LogP contribution in [0.2, 0.25) is 0 Å². The van der Waals surface area contributed by atoms with E-state index in [1.54, 1.807) is 0 Å². The molecule has 2 aliphatic heterocycles. The molecule has 0 saturated carbocycles. The number of benzene rings is 2. The number of rotatable bonds is 0. The number of hydrogen-bond acceptors (Lipinski definition) is 2. The largest absolute Gasteiger partial charge is 0.634 e. The zero-order valence-electron chi connectivity index (χ0n) is 10.5. The first-order valence-corrected chi connectivity index (χ1v) is 6.70. The molecule has 0 aliphatic carbocycles. The van der Waals surface area contributed by atoms with Crippen LogP contribution in [0.4, 0.5) is 0 Å². The summed E-state index contributed by atoms with van der Waals surface area (Å²) >= 11 is 0. The van der Waals surface area contributed by atoms with Crippen molar-refractivity contribution in [3.8, 4) is 11.5 Å². The van der Waals surface area contributed by atoms with Gasteiger partial charge in [0.25, 0.3) is 0 Å². The van der Waals surface area contributed by atoms with E-state index in [2.05, 4.69) is 12.1 Å². The number of para-hydroxylation sites is 2. The molecule has 0 aromatic heterocycles. The third-order valence-electron chi connectivity index (χ3n) is 4.24. The molecule has 3 heteroatoms. The first-order chi connectivity index (χ1) is 9.33. The quantitative estimate of drug-likeness (QED) is 0.730. The summed E-state index contributed by atoms with van der Waals surface area (Å²) in [5.74, 6) is 2.34. The van der Waals surface area contributed by atoms with Gasteiger partial charge in [0.15, 0.2) is 0 Å². The molecule has 0 radical (unpaired) electrons. The lowest BCUT2D eigenvalue weighted by Crippen LogP contribution is -3.05. The number of hydroxylamine groups is 2. The number of quaternary nitrogens is 1. The Morgan fingerprint density at radius 2 is 1.32 bits per heavy atom. The molecule has 2 atom stereocenters. The minimum Gasteiger partial charge on any atom is -0.634 e. The van der Waals surface area contributed by atoms with Gasteiger partial charge >= 0.3 is 0 Å². The molecule has 1 fully saturated rings. The fraction of sp³-hybridized carbons (Fsp3) is 0.250.